The van der Waals surface area contributed by atoms with Gasteiger partial charge in [-0.05, 0) is 24.6 Å². The predicted octanol–water partition coefficient (Wildman–Crippen LogP) is 3.42. The van der Waals surface area contributed by atoms with Crippen LogP contribution in [-0.4, -0.2) is 50.5 Å². The second-order valence-corrected chi connectivity index (χ2v) is 5.66. The van der Waals surface area contributed by atoms with Gasteiger partial charge in [-0.15, -0.1) is 12.4 Å². The molecule has 0 aliphatic carbocycles. The first kappa shape index (κ1) is 19.2. The molecule has 1 aromatic carbocycles. The van der Waals surface area contributed by atoms with Crippen LogP contribution in [0.4, 0.5) is 4.79 Å². The van der Waals surface area contributed by atoms with Crippen LogP contribution < -0.4 is 0 Å². The Balaban J connectivity index is 0.00000242. The van der Waals surface area contributed by atoms with Crippen LogP contribution in [0.1, 0.15) is 18.6 Å². The Bertz CT molecular complexity index is 457. The van der Waals surface area contributed by atoms with Gasteiger partial charge in [0.25, 0.3) is 0 Å². The van der Waals surface area contributed by atoms with E-state index in [2.05, 4.69) is 33.0 Å². The van der Waals surface area contributed by atoms with E-state index < -0.39 is 6.16 Å². The van der Waals surface area contributed by atoms with E-state index >= 15 is 0 Å². The highest BCUT2D eigenvalue weighted by molar-refractivity contribution is 9.10. The molecule has 1 aliphatic rings. The van der Waals surface area contributed by atoms with Gasteiger partial charge in [0.05, 0.1) is 19.3 Å². The van der Waals surface area contributed by atoms with E-state index in [1.54, 1.807) is 6.92 Å². The molecule has 1 saturated heterocycles. The minimum atomic E-state index is -0.602. The number of hydrogen-bond acceptors (Lipinski definition) is 5. The maximum Gasteiger partial charge on any atom is 0.508 e. The van der Waals surface area contributed by atoms with Crippen LogP contribution in [-0.2, 0) is 14.2 Å². The van der Waals surface area contributed by atoms with Gasteiger partial charge in [0.15, 0.2) is 0 Å². The SMILES string of the molecule is CCOC(=O)OCCN1CCOC(c2ccc(Br)cc2)C1.Cl. The number of halogens is 2. The topological polar surface area (TPSA) is 48.0 Å². The van der Waals surface area contributed by atoms with Crippen molar-refractivity contribution in [2.75, 3.05) is 39.5 Å². The lowest BCUT2D eigenvalue weighted by Gasteiger charge is -2.32. The first-order chi connectivity index (χ1) is 10.2. The molecule has 1 aliphatic heterocycles. The van der Waals surface area contributed by atoms with Crippen LogP contribution in [0.15, 0.2) is 28.7 Å². The molecule has 0 spiro atoms. The molecule has 0 saturated carbocycles. The molecule has 1 fully saturated rings. The average molecular weight is 395 g/mol. The Kier molecular flexibility index (Phi) is 8.78. The number of morpholine rings is 1. The summed E-state index contributed by atoms with van der Waals surface area (Å²) in [5.41, 5.74) is 1.16. The largest absolute Gasteiger partial charge is 0.508 e. The lowest BCUT2D eigenvalue weighted by atomic mass is 10.1. The summed E-state index contributed by atoms with van der Waals surface area (Å²) >= 11 is 3.43. The molecular formula is C15H21BrClNO4. The number of hydrogen-bond donors (Lipinski definition) is 0. The lowest BCUT2D eigenvalue weighted by Crippen LogP contribution is -2.40. The van der Waals surface area contributed by atoms with Crippen LogP contribution >= 0.6 is 28.3 Å². The van der Waals surface area contributed by atoms with Gasteiger partial charge >= 0.3 is 6.16 Å². The van der Waals surface area contributed by atoms with Crippen molar-refractivity contribution in [1.29, 1.82) is 0 Å². The number of ether oxygens (including phenoxy) is 3. The lowest BCUT2D eigenvalue weighted by molar-refractivity contribution is -0.0368. The van der Waals surface area contributed by atoms with Crippen molar-refractivity contribution in [3.8, 4) is 0 Å². The smallest absolute Gasteiger partial charge is 0.435 e. The minimum Gasteiger partial charge on any atom is -0.435 e. The third-order valence-corrected chi connectivity index (χ3v) is 3.81. The van der Waals surface area contributed by atoms with Crippen molar-refractivity contribution >= 4 is 34.5 Å². The number of carbonyl (C=O) groups excluding carboxylic acids is 1. The highest BCUT2D eigenvalue weighted by Gasteiger charge is 2.21. The second kappa shape index (κ2) is 10.0. The summed E-state index contributed by atoms with van der Waals surface area (Å²) in [6, 6.07) is 8.16. The van der Waals surface area contributed by atoms with Crippen molar-refractivity contribution in [3.63, 3.8) is 0 Å². The quantitative estimate of drug-likeness (QED) is 0.716. The van der Waals surface area contributed by atoms with Gasteiger partial charge in [0.2, 0.25) is 0 Å². The van der Waals surface area contributed by atoms with E-state index in [0.29, 0.717) is 26.4 Å². The Hall–Kier alpha value is -0.820. The Morgan fingerprint density at radius 3 is 2.77 bits per heavy atom. The Morgan fingerprint density at radius 1 is 1.36 bits per heavy atom. The number of carbonyl (C=O) groups is 1. The first-order valence-electron chi connectivity index (χ1n) is 7.08. The van der Waals surface area contributed by atoms with Crippen LogP contribution in [0.5, 0.6) is 0 Å². The maximum atomic E-state index is 11.1. The molecule has 0 amide bonds. The summed E-state index contributed by atoms with van der Waals surface area (Å²) in [7, 11) is 0. The predicted molar refractivity (Wildman–Crippen MR) is 89.5 cm³/mol. The zero-order valence-corrected chi connectivity index (χ0v) is 14.9. The average Bonchev–Trinajstić information content (AvgIpc) is 2.48. The zero-order valence-electron chi connectivity index (χ0n) is 12.5. The van der Waals surface area contributed by atoms with Crippen molar-refractivity contribution in [1.82, 2.24) is 4.90 Å². The normalized spacial score (nSPS) is 18.4. The molecule has 1 heterocycles. The van der Waals surface area contributed by atoms with E-state index in [-0.39, 0.29) is 18.5 Å². The fourth-order valence-corrected chi connectivity index (χ4v) is 2.47. The molecule has 5 nitrogen and oxygen atoms in total. The monoisotopic (exact) mass is 393 g/mol. The van der Waals surface area contributed by atoms with E-state index in [9.17, 15) is 4.79 Å². The molecule has 1 aromatic rings. The second-order valence-electron chi connectivity index (χ2n) is 4.74. The molecule has 1 atom stereocenters. The van der Waals surface area contributed by atoms with Gasteiger partial charge in [-0.25, -0.2) is 4.79 Å². The highest BCUT2D eigenvalue weighted by atomic mass is 79.9. The minimum absolute atomic E-state index is 0. The summed E-state index contributed by atoms with van der Waals surface area (Å²) < 4.78 is 16.6. The van der Waals surface area contributed by atoms with Gasteiger partial charge < -0.3 is 14.2 Å². The Labute approximate surface area is 145 Å². The van der Waals surface area contributed by atoms with Gasteiger partial charge in [-0.2, -0.15) is 0 Å². The molecule has 124 valence electrons. The van der Waals surface area contributed by atoms with Crippen molar-refractivity contribution < 1.29 is 19.0 Å². The van der Waals surface area contributed by atoms with Crippen LogP contribution in [0.3, 0.4) is 0 Å². The molecule has 7 heteroatoms. The molecule has 0 N–H and O–H groups in total. The summed E-state index contributed by atoms with van der Waals surface area (Å²) in [5, 5.41) is 0. The standard InChI is InChI=1S/C15H20BrNO4.ClH/c1-2-19-15(18)21-10-8-17-7-9-20-14(11-17)12-3-5-13(16)6-4-12;/h3-6,14H,2,7-11H2,1H3;1H. The maximum absolute atomic E-state index is 11.1. The van der Waals surface area contributed by atoms with Gasteiger partial charge in [0, 0.05) is 24.1 Å². The van der Waals surface area contributed by atoms with E-state index in [0.717, 1.165) is 23.1 Å². The third kappa shape index (κ3) is 6.12. The molecule has 0 radical (unpaired) electrons. The van der Waals surface area contributed by atoms with Crippen LogP contribution in [0.2, 0.25) is 0 Å². The summed E-state index contributed by atoms with van der Waals surface area (Å²) in [6.07, 6.45) is -0.537. The fourth-order valence-electron chi connectivity index (χ4n) is 2.20. The number of benzene rings is 1. The van der Waals surface area contributed by atoms with E-state index in [1.807, 2.05) is 12.1 Å². The molecule has 0 aromatic heterocycles. The number of rotatable bonds is 5. The zero-order chi connectivity index (χ0) is 15.1. The molecule has 0 bridgehead atoms. The molecule has 22 heavy (non-hydrogen) atoms. The Morgan fingerprint density at radius 2 is 2.09 bits per heavy atom. The summed E-state index contributed by atoms with van der Waals surface area (Å²) in [5.74, 6) is 0. The fraction of sp³-hybridized carbons (Fsp3) is 0.533. The van der Waals surface area contributed by atoms with Crippen LogP contribution in [0, 0.1) is 0 Å². The summed E-state index contributed by atoms with van der Waals surface area (Å²) in [4.78, 5) is 13.3. The summed E-state index contributed by atoms with van der Waals surface area (Å²) in [6.45, 7) is 5.45. The van der Waals surface area contributed by atoms with Crippen molar-refractivity contribution in [2.24, 2.45) is 0 Å². The first-order valence-corrected chi connectivity index (χ1v) is 7.87. The van der Waals surface area contributed by atoms with E-state index in [4.69, 9.17) is 14.2 Å². The van der Waals surface area contributed by atoms with Gasteiger partial charge in [-0.3, -0.25) is 4.90 Å². The number of nitrogens with zero attached hydrogens (tertiary/aromatic N) is 1. The van der Waals surface area contributed by atoms with Gasteiger partial charge in [-0.1, -0.05) is 28.1 Å². The van der Waals surface area contributed by atoms with Crippen molar-refractivity contribution in [2.45, 2.75) is 13.0 Å². The highest BCUT2D eigenvalue weighted by Crippen LogP contribution is 2.23. The van der Waals surface area contributed by atoms with Crippen LogP contribution in [0.25, 0.3) is 0 Å². The molecule has 1 unspecified atom stereocenters. The molecular weight excluding hydrogens is 374 g/mol. The van der Waals surface area contributed by atoms with Crippen molar-refractivity contribution in [3.05, 3.63) is 34.3 Å². The van der Waals surface area contributed by atoms with Gasteiger partial charge in [0.1, 0.15) is 6.61 Å². The van der Waals surface area contributed by atoms with E-state index in [1.165, 1.54) is 0 Å². The third-order valence-electron chi connectivity index (χ3n) is 3.28. The molecule has 2 rings (SSSR count).